The molecular formula is C20H30ClIN4O2. The van der Waals surface area contributed by atoms with Crippen molar-refractivity contribution in [3.8, 4) is 0 Å². The molecule has 1 aromatic carbocycles. The number of ether oxygens (including phenoxy) is 1. The molecule has 1 amide bonds. The molecule has 1 heterocycles. The minimum absolute atomic E-state index is 0. The number of nitrogens with zero attached hydrogens (tertiary/aromatic N) is 2. The zero-order valence-corrected chi connectivity index (χ0v) is 19.4. The minimum Gasteiger partial charge on any atom is -0.450 e. The lowest BCUT2D eigenvalue weighted by Gasteiger charge is -2.41. The molecule has 2 aliphatic rings. The van der Waals surface area contributed by atoms with Gasteiger partial charge in [-0.3, -0.25) is 4.99 Å². The number of rotatable bonds is 5. The second-order valence-electron chi connectivity index (χ2n) is 7.45. The SMILES string of the molecule is CCOC(=O)N1CCC(NC(N)=NCC2(c3ccc(Cl)cc3)CCC2)CC1.I. The van der Waals surface area contributed by atoms with Gasteiger partial charge in [-0.05, 0) is 50.3 Å². The van der Waals surface area contributed by atoms with E-state index in [0.717, 1.165) is 30.7 Å². The van der Waals surface area contributed by atoms with Crippen molar-refractivity contribution in [2.24, 2.45) is 10.7 Å². The fourth-order valence-electron chi connectivity index (χ4n) is 3.86. The number of aliphatic imine (C=N–C) groups is 1. The van der Waals surface area contributed by atoms with Gasteiger partial charge in [0, 0.05) is 29.6 Å². The van der Waals surface area contributed by atoms with Crippen LogP contribution in [-0.4, -0.2) is 49.2 Å². The molecule has 2 fully saturated rings. The number of carbonyl (C=O) groups is 1. The Hall–Kier alpha value is -1.22. The normalized spacial score (nSPS) is 19.4. The summed E-state index contributed by atoms with van der Waals surface area (Å²) in [5.41, 5.74) is 7.52. The van der Waals surface area contributed by atoms with Crippen molar-refractivity contribution >= 4 is 47.6 Å². The van der Waals surface area contributed by atoms with Gasteiger partial charge in [0.2, 0.25) is 0 Å². The van der Waals surface area contributed by atoms with E-state index in [1.807, 2.05) is 19.1 Å². The number of hydrogen-bond donors (Lipinski definition) is 2. The molecule has 1 aliphatic heterocycles. The predicted molar refractivity (Wildman–Crippen MR) is 124 cm³/mol. The number of piperidine rings is 1. The van der Waals surface area contributed by atoms with Gasteiger partial charge in [-0.25, -0.2) is 4.79 Å². The standard InChI is InChI=1S/C20H29ClN4O2.HI/c1-2-27-19(26)25-12-8-17(9-13-25)24-18(22)23-14-20(10-3-11-20)15-4-6-16(21)7-5-15;/h4-7,17H,2-3,8-14H2,1H3,(H3,22,23,24);1H. The highest BCUT2D eigenvalue weighted by atomic mass is 127. The molecule has 0 radical (unpaired) electrons. The molecule has 1 saturated heterocycles. The number of likely N-dealkylation sites (tertiary alicyclic amines) is 1. The Morgan fingerprint density at radius 2 is 1.96 bits per heavy atom. The second kappa shape index (κ2) is 10.5. The third-order valence-electron chi connectivity index (χ3n) is 5.69. The van der Waals surface area contributed by atoms with Crippen LogP contribution in [0.3, 0.4) is 0 Å². The molecule has 1 saturated carbocycles. The Balaban J connectivity index is 0.00000280. The molecule has 0 unspecified atom stereocenters. The number of hydrogen-bond acceptors (Lipinski definition) is 3. The lowest BCUT2D eigenvalue weighted by molar-refractivity contribution is 0.0963. The highest BCUT2D eigenvalue weighted by Gasteiger charge is 2.38. The minimum atomic E-state index is -0.229. The van der Waals surface area contributed by atoms with E-state index in [2.05, 4.69) is 22.4 Å². The van der Waals surface area contributed by atoms with E-state index < -0.39 is 0 Å². The summed E-state index contributed by atoms with van der Waals surface area (Å²) in [7, 11) is 0. The van der Waals surface area contributed by atoms with E-state index in [4.69, 9.17) is 22.1 Å². The lowest BCUT2D eigenvalue weighted by Crippen LogP contribution is -2.49. The molecule has 6 nitrogen and oxygen atoms in total. The molecule has 0 spiro atoms. The van der Waals surface area contributed by atoms with Gasteiger partial charge >= 0.3 is 6.09 Å². The Labute approximate surface area is 189 Å². The number of carbonyl (C=O) groups excluding carboxylic acids is 1. The number of guanidine groups is 1. The average molecular weight is 521 g/mol. The van der Waals surface area contributed by atoms with Gasteiger partial charge in [-0.2, -0.15) is 0 Å². The quantitative estimate of drug-likeness (QED) is 0.351. The second-order valence-corrected chi connectivity index (χ2v) is 7.88. The van der Waals surface area contributed by atoms with Crippen LogP contribution in [0.5, 0.6) is 0 Å². The van der Waals surface area contributed by atoms with E-state index in [1.165, 1.54) is 12.0 Å². The zero-order valence-electron chi connectivity index (χ0n) is 16.3. The van der Waals surface area contributed by atoms with Gasteiger partial charge < -0.3 is 20.7 Å². The lowest BCUT2D eigenvalue weighted by atomic mass is 9.64. The maximum Gasteiger partial charge on any atom is 0.409 e. The summed E-state index contributed by atoms with van der Waals surface area (Å²) in [6.07, 6.45) is 4.94. The van der Waals surface area contributed by atoms with Crippen LogP contribution in [-0.2, 0) is 10.2 Å². The van der Waals surface area contributed by atoms with Crippen LogP contribution in [0.15, 0.2) is 29.3 Å². The van der Waals surface area contributed by atoms with Crippen LogP contribution in [0.25, 0.3) is 0 Å². The molecule has 0 atom stereocenters. The van der Waals surface area contributed by atoms with E-state index in [1.54, 1.807) is 4.90 Å². The fourth-order valence-corrected chi connectivity index (χ4v) is 3.98. The van der Waals surface area contributed by atoms with E-state index >= 15 is 0 Å². The molecule has 1 aromatic rings. The summed E-state index contributed by atoms with van der Waals surface area (Å²) in [4.78, 5) is 18.2. The summed E-state index contributed by atoms with van der Waals surface area (Å²) in [6, 6.07) is 8.34. The number of halogens is 2. The summed E-state index contributed by atoms with van der Waals surface area (Å²) in [5, 5.41) is 4.08. The van der Waals surface area contributed by atoms with Crippen molar-refractivity contribution in [1.29, 1.82) is 0 Å². The molecule has 3 rings (SSSR count). The van der Waals surface area contributed by atoms with Crippen LogP contribution in [0, 0.1) is 0 Å². The van der Waals surface area contributed by atoms with Gasteiger partial charge in [0.1, 0.15) is 0 Å². The van der Waals surface area contributed by atoms with Gasteiger partial charge in [-0.15, -0.1) is 24.0 Å². The summed E-state index contributed by atoms with van der Waals surface area (Å²) in [6.45, 7) is 4.28. The van der Waals surface area contributed by atoms with Gasteiger partial charge in [0.25, 0.3) is 0 Å². The molecule has 0 aromatic heterocycles. The smallest absolute Gasteiger partial charge is 0.409 e. The Bertz CT molecular complexity index is 671. The first-order chi connectivity index (χ1) is 13.0. The van der Waals surface area contributed by atoms with Crippen molar-refractivity contribution in [2.75, 3.05) is 26.2 Å². The van der Waals surface area contributed by atoms with Crippen molar-refractivity contribution in [2.45, 2.75) is 50.5 Å². The highest BCUT2D eigenvalue weighted by Crippen LogP contribution is 2.44. The molecule has 0 bridgehead atoms. The Morgan fingerprint density at radius 1 is 1.32 bits per heavy atom. The van der Waals surface area contributed by atoms with Gasteiger partial charge in [0.05, 0.1) is 13.2 Å². The number of nitrogens with two attached hydrogens (primary N) is 1. The van der Waals surface area contributed by atoms with Crippen molar-refractivity contribution in [3.05, 3.63) is 34.9 Å². The van der Waals surface area contributed by atoms with Crippen LogP contribution in [0.4, 0.5) is 4.79 Å². The monoisotopic (exact) mass is 520 g/mol. The topological polar surface area (TPSA) is 80.0 Å². The van der Waals surface area contributed by atoms with E-state index in [-0.39, 0.29) is 41.5 Å². The molecule has 28 heavy (non-hydrogen) atoms. The van der Waals surface area contributed by atoms with Crippen molar-refractivity contribution in [3.63, 3.8) is 0 Å². The summed E-state index contributed by atoms with van der Waals surface area (Å²) >= 11 is 6.02. The number of amides is 1. The van der Waals surface area contributed by atoms with Crippen LogP contribution in [0.1, 0.15) is 44.6 Å². The predicted octanol–water partition coefficient (Wildman–Crippen LogP) is 3.90. The van der Waals surface area contributed by atoms with Crippen LogP contribution in [0.2, 0.25) is 5.02 Å². The number of nitrogens with one attached hydrogen (secondary N) is 1. The maximum absolute atomic E-state index is 11.8. The third kappa shape index (κ3) is 5.65. The highest BCUT2D eigenvalue weighted by molar-refractivity contribution is 14.0. The van der Waals surface area contributed by atoms with Crippen LogP contribution >= 0.6 is 35.6 Å². The first kappa shape index (κ1) is 23.1. The van der Waals surface area contributed by atoms with Crippen molar-refractivity contribution in [1.82, 2.24) is 10.2 Å². The Morgan fingerprint density at radius 3 is 2.50 bits per heavy atom. The zero-order chi connectivity index (χ0) is 19.3. The molecule has 1 aliphatic carbocycles. The first-order valence-corrected chi connectivity index (χ1v) is 10.1. The maximum atomic E-state index is 11.8. The third-order valence-corrected chi connectivity index (χ3v) is 5.94. The molecule has 3 N–H and O–H groups in total. The largest absolute Gasteiger partial charge is 0.450 e. The van der Waals surface area contributed by atoms with E-state index in [0.29, 0.717) is 32.2 Å². The number of benzene rings is 1. The summed E-state index contributed by atoms with van der Waals surface area (Å²) in [5.74, 6) is 0.491. The van der Waals surface area contributed by atoms with Gasteiger partial charge in [-0.1, -0.05) is 30.2 Å². The molecule has 8 heteroatoms. The van der Waals surface area contributed by atoms with Crippen LogP contribution < -0.4 is 11.1 Å². The van der Waals surface area contributed by atoms with E-state index in [9.17, 15) is 4.79 Å². The molecular weight excluding hydrogens is 491 g/mol. The molecule has 156 valence electrons. The Kier molecular flexibility index (Phi) is 8.67. The van der Waals surface area contributed by atoms with Crippen molar-refractivity contribution < 1.29 is 9.53 Å². The average Bonchev–Trinajstić information content (AvgIpc) is 2.63. The fraction of sp³-hybridized carbons (Fsp3) is 0.600. The van der Waals surface area contributed by atoms with Gasteiger partial charge in [0.15, 0.2) is 5.96 Å². The summed E-state index contributed by atoms with van der Waals surface area (Å²) < 4.78 is 5.05. The first-order valence-electron chi connectivity index (χ1n) is 9.76.